The maximum atomic E-state index is 13.5. The Bertz CT molecular complexity index is 993. The van der Waals surface area contributed by atoms with Crippen LogP contribution in [0.25, 0.3) is 0 Å². The molecular formula is C20H29N7O5. The number of likely N-dealkylation sites (tertiary alicyclic amines) is 1. The minimum absolute atomic E-state index is 0.0601. The van der Waals surface area contributed by atoms with E-state index < -0.39 is 23.6 Å². The molecule has 0 radical (unpaired) electrons. The van der Waals surface area contributed by atoms with E-state index in [0.717, 1.165) is 0 Å². The van der Waals surface area contributed by atoms with Crippen molar-refractivity contribution in [2.45, 2.75) is 58.7 Å². The van der Waals surface area contributed by atoms with Gasteiger partial charge in [-0.05, 0) is 12.3 Å². The van der Waals surface area contributed by atoms with E-state index in [9.17, 15) is 19.5 Å². The quantitative estimate of drug-likeness (QED) is 0.561. The van der Waals surface area contributed by atoms with Crippen LogP contribution in [0.3, 0.4) is 0 Å². The van der Waals surface area contributed by atoms with Gasteiger partial charge in [0.2, 0.25) is 17.7 Å². The number of rotatable bonds is 6. The number of likely N-dealkylation sites (N-methyl/N-ethyl adjacent to an activating group) is 1. The molecule has 3 amide bonds. The lowest BCUT2D eigenvalue weighted by Gasteiger charge is -2.34. The minimum atomic E-state index is -0.789. The minimum Gasteiger partial charge on any atom is -0.391 e. The highest BCUT2D eigenvalue weighted by atomic mass is 16.5. The van der Waals surface area contributed by atoms with Crippen molar-refractivity contribution in [2.24, 2.45) is 5.41 Å². The monoisotopic (exact) mass is 447 g/mol. The van der Waals surface area contributed by atoms with Crippen molar-refractivity contribution in [1.29, 1.82) is 0 Å². The number of β-amino-alcohol motifs (C(OH)–C–C–N with tert-alkyl or cyclic N) is 1. The number of aliphatic hydroxyl groups is 1. The van der Waals surface area contributed by atoms with E-state index in [1.54, 1.807) is 19.2 Å². The molecule has 1 fully saturated rings. The largest absolute Gasteiger partial charge is 0.391 e. The molecule has 0 aliphatic carbocycles. The molecule has 1 aliphatic heterocycles. The second-order valence-corrected chi connectivity index (χ2v) is 9.02. The molecule has 2 unspecified atom stereocenters. The molecule has 3 heterocycles. The van der Waals surface area contributed by atoms with Gasteiger partial charge in [-0.1, -0.05) is 31.1 Å². The Balaban J connectivity index is 1.78. The first kappa shape index (κ1) is 23.4. The first-order valence-electron chi connectivity index (χ1n) is 10.3. The third-order valence-corrected chi connectivity index (χ3v) is 5.22. The van der Waals surface area contributed by atoms with Gasteiger partial charge in [0.1, 0.15) is 17.8 Å². The summed E-state index contributed by atoms with van der Waals surface area (Å²) in [7, 11) is 1.49. The Hall–Kier alpha value is -3.28. The van der Waals surface area contributed by atoms with Crippen LogP contribution < -0.4 is 10.6 Å². The van der Waals surface area contributed by atoms with Crippen LogP contribution in [0.4, 0.5) is 5.82 Å². The highest BCUT2D eigenvalue weighted by molar-refractivity contribution is 5.91. The van der Waals surface area contributed by atoms with E-state index in [1.165, 1.54) is 16.6 Å². The van der Waals surface area contributed by atoms with Crippen LogP contribution in [-0.2, 0) is 20.8 Å². The molecular weight excluding hydrogens is 418 g/mol. The lowest BCUT2D eigenvalue weighted by atomic mass is 9.85. The normalized spacial score (nSPS) is 19.6. The van der Waals surface area contributed by atoms with Gasteiger partial charge >= 0.3 is 0 Å². The van der Waals surface area contributed by atoms with Crippen molar-refractivity contribution in [3.05, 3.63) is 23.7 Å². The molecule has 32 heavy (non-hydrogen) atoms. The van der Waals surface area contributed by atoms with Gasteiger partial charge < -0.3 is 25.2 Å². The third kappa shape index (κ3) is 5.13. The Morgan fingerprint density at radius 1 is 1.34 bits per heavy atom. The predicted octanol–water partition coefficient (Wildman–Crippen LogP) is 0.0507. The smallest absolute Gasteiger partial charge is 0.248 e. The number of amides is 3. The molecule has 1 saturated heterocycles. The number of hydrogen-bond donors (Lipinski definition) is 3. The molecule has 12 nitrogen and oxygen atoms in total. The van der Waals surface area contributed by atoms with Crippen LogP contribution in [0.2, 0.25) is 0 Å². The fraction of sp³-hybridized carbons (Fsp3) is 0.600. The summed E-state index contributed by atoms with van der Waals surface area (Å²) in [5.41, 5.74) is -0.211. The van der Waals surface area contributed by atoms with Crippen molar-refractivity contribution in [3.63, 3.8) is 0 Å². The van der Waals surface area contributed by atoms with Crippen molar-refractivity contribution < 1.29 is 24.0 Å². The molecule has 0 bridgehead atoms. The lowest BCUT2D eigenvalue weighted by Crippen LogP contribution is -2.49. The third-order valence-electron chi connectivity index (χ3n) is 5.22. The number of nitrogens with zero attached hydrogens (tertiary/aromatic N) is 5. The van der Waals surface area contributed by atoms with Gasteiger partial charge in [0.25, 0.3) is 0 Å². The fourth-order valence-electron chi connectivity index (χ4n) is 3.81. The molecule has 1 aliphatic rings. The average molecular weight is 447 g/mol. The first-order chi connectivity index (χ1) is 15.0. The number of carbonyl (C=O) groups is 3. The Kier molecular flexibility index (Phi) is 6.63. The lowest BCUT2D eigenvalue weighted by molar-refractivity contribution is -0.144. The summed E-state index contributed by atoms with van der Waals surface area (Å²) in [6.45, 7) is 7.39. The summed E-state index contributed by atoms with van der Waals surface area (Å²) >= 11 is 0. The summed E-state index contributed by atoms with van der Waals surface area (Å²) in [6, 6.07) is 0.0469. The Labute approximate surface area is 185 Å². The predicted molar refractivity (Wildman–Crippen MR) is 112 cm³/mol. The average Bonchev–Trinajstić information content (AvgIpc) is 3.41. The van der Waals surface area contributed by atoms with Crippen molar-refractivity contribution in [2.75, 3.05) is 18.9 Å². The number of carbonyl (C=O) groups excluding carboxylic acids is 3. The zero-order valence-corrected chi connectivity index (χ0v) is 18.8. The number of anilines is 1. The Morgan fingerprint density at radius 3 is 2.66 bits per heavy atom. The van der Waals surface area contributed by atoms with Gasteiger partial charge in [0, 0.05) is 32.3 Å². The van der Waals surface area contributed by atoms with Crippen LogP contribution in [-0.4, -0.2) is 73.6 Å². The number of aromatic nitrogens is 4. The summed E-state index contributed by atoms with van der Waals surface area (Å²) in [5, 5.41) is 27.1. The number of aliphatic hydroxyl groups excluding tert-OH is 1. The van der Waals surface area contributed by atoms with Gasteiger partial charge in [-0.3, -0.25) is 14.4 Å². The van der Waals surface area contributed by atoms with E-state index in [-0.39, 0.29) is 37.1 Å². The topological polar surface area (TPSA) is 155 Å². The zero-order valence-electron chi connectivity index (χ0n) is 18.8. The highest BCUT2D eigenvalue weighted by Crippen LogP contribution is 2.34. The van der Waals surface area contributed by atoms with E-state index >= 15 is 0 Å². The van der Waals surface area contributed by atoms with Crippen LogP contribution in [0.15, 0.2) is 16.8 Å². The van der Waals surface area contributed by atoms with E-state index in [2.05, 4.69) is 26.1 Å². The van der Waals surface area contributed by atoms with Crippen molar-refractivity contribution in [3.8, 4) is 0 Å². The van der Waals surface area contributed by atoms with Crippen LogP contribution in [0, 0.1) is 12.3 Å². The number of hydrogen-bond acceptors (Lipinski definition) is 8. The first-order valence-corrected chi connectivity index (χ1v) is 10.3. The standard InChI is InChI=1S/C20H29N7O5/c1-11-6-15(24-32-11)22-16(29)7-12-9-27(25-23-12)17(20(2,3)4)19(31)26-10-13(28)8-14(26)18(30)21-5/h6,9,13-14,17,28H,7-8,10H2,1-5H3,(H,21,30)(H,22,24,29)/t13?,14-,17?/m1/s1. The maximum absolute atomic E-state index is 13.5. The van der Waals surface area contributed by atoms with E-state index in [0.29, 0.717) is 17.3 Å². The SMILES string of the molecule is CNC(=O)[C@H]1CC(O)CN1C(=O)C(n1cc(CC(=O)Nc2cc(C)on2)nn1)C(C)(C)C. The summed E-state index contributed by atoms with van der Waals surface area (Å²) in [4.78, 5) is 39.4. The second kappa shape index (κ2) is 9.07. The van der Waals surface area contributed by atoms with Gasteiger partial charge in [-0.25, -0.2) is 4.68 Å². The maximum Gasteiger partial charge on any atom is 0.248 e. The second-order valence-electron chi connectivity index (χ2n) is 9.02. The molecule has 3 rings (SSSR count). The molecule has 0 aromatic carbocycles. The van der Waals surface area contributed by atoms with Gasteiger partial charge in [0.15, 0.2) is 5.82 Å². The van der Waals surface area contributed by atoms with Crippen LogP contribution >= 0.6 is 0 Å². The molecule has 3 N–H and O–H groups in total. The summed E-state index contributed by atoms with van der Waals surface area (Å²) in [6.07, 6.45) is 0.868. The van der Waals surface area contributed by atoms with Gasteiger partial charge in [-0.15, -0.1) is 5.10 Å². The molecule has 0 spiro atoms. The molecule has 12 heteroatoms. The Morgan fingerprint density at radius 2 is 2.06 bits per heavy atom. The summed E-state index contributed by atoms with van der Waals surface area (Å²) in [5.74, 6) is -0.162. The molecule has 2 aromatic heterocycles. The number of nitrogens with one attached hydrogen (secondary N) is 2. The van der Waals surface area contributed by atoms with Gasteiger partial charge in [-0.2, -0.15) is 0 Å². The van der Waals surface area contributed by atoms with Crippen LogP contribution in [0.1, 0.15) is 44.7 Å². The van der Waals surface area contributed by atoms with Crippen molar-refractivity contribution >= 4 is 23.5 Å². The molecule has 174 valence electrons. The molecule has 0 saturated carbocycles. The van der Waals surface area contributed by atoms with E-state index in [1.807, 2.05) is 20.8 Å². The molecule has 2 aromatic rings. The van der Waals surface area contributed by atoms with Gasteiger partial charge in [0.05, 0.1) is 18.2 Å². The zero-order chi connectivity index (χ0) is 23.6. The van der Waals surface area contributed by atoms with E-state index in [4.69, 9.17) is 4.52 Å². The van der Waals surface area contributed by atoms with Crippen LogP contribution in [0.5, 0.6) is 0 Å². The highest BCUT2D eigenvalue weighted by Gasteiger charge is 2.45. The summed E-state index contributed by atoms with van der Waals surface area (Å²) < 4.78 is 6.33. The fourth-order valence-corrected chi connectivity index (χ4v) is 3.81. The number of aryl methyl sites for hydroxylation is 1. The molecule has 3 atom stereocenters. The van der Waals surface area contributed by atoms with Crippen molar-refractivity contribution in [1.82, 2.24) is 30.4 Å².